The number of halogens is 4. The quantitative estimate of drug-likeness (QED) is 0.621. The molecule has 3 rings (SSSR count). The van der Waals surface area contributed by atoms with Gasteiger partial charge in [0.1, 0.15) is 5.75 Å². The summed E-state index contributed by atoms with van der Waals surface area (Å²) in [7, 11) is 0. The first-order valence-corrected chi connectivity index (χ1v) is 9.53. The van der Waals surface area contributed by atoms with E-state index < -0.39 is 18.3 Å². The van der Waals surface area contributed by atoms with Crippen LogP contribution in [0.25, 0.3) is 6.08 Å². The number of piperazine rings is 1. The van der Waals surface area contributed by atoms with Crippen LogP contribution in [0, 0.1) is 0 Å². The van der Waals surface area contributed by atoms with E-state index >= 15 is 0 Å². The molecule has 1 aliphatic heterocycles. The summed E-state index contributed by atoms with van der Waals surface area (Å²) in [6, 6.07) is 14.9. The fourth-order valence-electron chi connectivity index (χ4n) is 3.11. The molecule has 0 aromatic heterocycles. The summed E-state index contributed by atoms with van der Waals surface area (Å²) in [4.78, 5) is 16.5. The van der Waals surface area contributed by atoms with Crippen LogP contribution in [-0.2, 0) is 0 Å². The number of amides is 1. The lowest BCUT2D eigenvalue weighted by Gasteiger charge is -2.34. The summed E-state index contributed by atoms with van der Waals surface area (Å²) >= 11 is 0. The summed E-state index contributed by atoms with van der Waals surface area (Å²) in [6.45, 7) is 3.06. The van der Waals surface area contributed by atoms with Gasteiger partial charge in [-0.15, -0.1) is 0 Å². The van der Waals surface area contributed by atoms with Gasteiger partial charge in [0.05, 0.1) is 0 Å². The Bertz CT molecular complexity index is 866. The molecule has 8 heteroatoms. The second kappa shape index (κ2) is 9.75. The van der Waals surface area contributed by atoms with Gasteiger partial charge in [0.2, 0.25) is 0 Å². The van der Waals surface area contributed by atoms with Crippen LogP contribution in [0.2, 0.25) is 0 Å². The Morgan fingerprint density at radius 1 is 1.03 bits per heavy atom. The van der Waals surface area contributed by atoms with Crippen molar-refractivity contribution < 1.29 is 27.1 Å². The predicted octanol–water partition coefficient (Wildman–Crippen LogP) is 4.39. The van der Waals surface area contributed by atoms with Crippen molar-refractivity contribution in [3.05, 3.63) is 71.8 Å². The van der Waals surface area contributed by atoms with Gasteiger partial charge in [0, 0.05) is 38.3 Å². The summed E-state index contributed by atoms with van der Waals surface area (Å²) < 4.78 is 54.9. The lowest BCUT2D eigenvalue weighted by molar-refractivity contribution is -0.253. The smallest absolute Gasteiger partial charge is 0.428 e. The van der Waals surface area contributed by atoms with Gasteiger partial charge >= 0.3 is 12.5 Å². The maximum atomic E-state index is 13.1. The summed E-state index contributed by atoms with van der Waals surface area (Å²) in [5.74, 6) is -0.823. The number of alkyl halides is 4. The van der Waals surface area contributed by atoms with E-state index in [1.165, 1.54) is 12.1 Å². The average Bonchev–Trinajstić information content (AvgIpc) is 2.74. The van der Waals surface area contributed by atoms with Gasteiger partial charge in [-0.3, -0.25) is 9.69 Å². The lowest BCUT2D eigenvalue weighted by Crippen LogP contribution is -2.48. The third-order valence-corrected chi connectivity index (χ3v) is 4.72. The van der Waals surface area contributed by atoms with Crippen molar-refractivity contribution in [2.45, 2.75) is 12.5 Å². The molecule has 0 unspecified atom stereocenters. The fourth-order valence-corrected chi connectivity index (χ4v) is 3.11. The molecule has 1 saturated heterocycles. The molecule has 1 aliphatic rings. The van der Waals surface area contributed by atoms with Crippen LogP contribution in [0.3, 0.4) is 0 Å². The van der Waals surface area contributed by atoms with Gasteiger partial charge in [-0.2, -0.15) is 17.6 Å². The Morgan fingerprint density at radius 2 is 1.73 bits per heavy atom. The van der Waals surface area contributed by atoms with Crippen LogP contribution in [0.4, 0.5) is 17.6 Å². The Hall–Kier alpha value is -2.87. The molecule has 0 aliphatic carbocycles. The maximum Gasteiger partial charge on any atom is 0.461 e. The van der Waals surface area contributed by atoms with Crippen molar-refractivity contribution >= 4 is 12.0 Å². The summed E-state index contributed by atoms with van der Waals surface area (Å²) in [5.41, 5.74) is 1.24. The SMILES string of the molecule is O=C(c1cccc(OC(F)(F)C(F)F)c1)N1CCN(CC=Cc2ccccc2)CC1. The van der Waals surface area contributed by atoms with Gasteiger partial charge in [-0.1, -0.05) is 48.6 Å². The number of nitrogens with zero attached hydrogens (tertiary/aromatic N) is 2. The van der Waals surface area contributed by atoms with Crippen molar-refractivity contribution in [2.75, 3.05) is 32.7 Å². The zero-order valence-electron chi connectivity index (χ0n) is 16.2. The van der Waals surface area contributed by atoms with Crippen LogP contribution in [0.15, 0.2) is 60.7 Å². The number of benzene rings is 2. The summed E-state index contributed by atoms with van der Waals surface area (Å²) in [5, 5.41) is 0. The largest absolute Gasteiger partial charge is 0.461 e. The molecule has 1 fully saturated rings. The van der Waals surface area contributed by atoms with Crippen molar-refractivity contribution in [1.29, 1.82) is 0 Å². The molecule has 4 nitrogen and oxygen atoms in total. The van der Waals surface area contributed by atoms with Gasteiger partial charge in [-0.05, 0) is 23.8 Å². The van der Waals surface area contributed by atoms with Crippen LogP contribution < -0.4 is 4.74 Å². The molecule has 0 atom stereocenters. The molecule has 2 aromatic carbocycles. The third-order valence-electron chi connectivity index (χ3n) is 4.72. The maximum absolute atomic E-state index is 13.1. The molecule has 160 valence electrons. The van der Waals surface area contributed by atoms with Crippen molar-refractivity contribution in [3.63, 3.8) is 0 Å². The van der Waals surface area contributed by atoms with E-state index in [0.29, 0.717) is 26.2 Å². The zero-order chi connectivity index (χ0) is 21.6. The average molecular weight is 422 g/mol. The van der Waals surface area contributed by atoms with E-state index in [1.54, 1.807) is 4.90 Å². The second-order valence-electron chi connectivity index (χ2n) is 6.90. The standard InChI is InChI=1S/C22H22F4N2O2/c23-21(24)22(25,26)30-19-10-4-9-18(16-19)20(29)28-14-12-27(13-15-28)11-5-8-17-6-2-1-3-7-17/h1-10,16,21H,11-15H2. The highest BCUT2D eigenvalue weighted by molar-refractivity contribution is 5.94. The van der Waals surface area contributed by atoms with Crippen LogP contribution in [0.1, 0.15) is 15.9 Å². The minimum atomic E-state index is -4.61. The molecule has 0 radical (unpaired) electrons. The monoisotopic (exact) mass is 422 g/mol. The highest BCUT2D eigenvalue weighted by Crippen LogP contribution is 2.28. The van der Waals surface area contributed by atoms with Crippen molar-refractivity contribution in [2.24, 2.45) is 0 Å². The fraction of sp³-hybridized carbons (Fsp3) is 0.318. The molecule has 0 bridgehead atoms. The molecule has 0 spiro atoms. The minimum absolute atomic E-state index is 0.120. The van der Waals surface area contributed by atoms with E-state index in [2.05, 4.69) is 15.7 Å². The predicted molar refractivity (Wildman–Crippen MR) is 106 cm³/mol. The Morgan fingerprint density at radius 3 is 2.40 bits per heavy atom. The molecular formula is C22H22F4N2O2. The van der Waals surface area contributed by atoms with E-state index in [4.69, 9.17) is 0 Å². The van der Waals surface area contributed by atoms with Crippen LogP contribution in [0.5, 0.6) is 5.75 Å². The molecular weight excluding hydrogens is 400 g/mol. The topological polar surface area (TPSA) is 32.8 Å². The Kier molecular flexibility index (Phi) is 7.10. The number of ether oxygens (including phenoxy) is 1. The first kappa shape index (κ1) is 21.8. The third kappa shape index (κ3) is 5.82. The first-order chi connectivity index (χ1) is 14.3. The van der Waals surface area contributed by atoms with E-state index in [-0.39, 0.29) is 11.5 Å². The Labute approximate surface area is 172 Å². The Balaban J connectivity index is 1.52. The molecule has 0 N–H and O–H groups in total. The number of carbonyl (C=O) groups is 1. The highest BCUT2D eigenvalue weighted by Gasteiger charge is 2.44. The van der Waals surface area contributed by atoms with Crippen molar-refractivity contribution in [1.82, 2.24) is 9.80 Å². The molecule has 30 heavy (non-hydrogen) atoms. The highest BCUT2D eigenvalue weighted by atomic mass is 19.3. The minimum Gasteiger partial charge on any atom is -0.428 e. The van der Waals surface area contributed by atoms with Crippen LogP contribution in [-0.4, -0.2) is 61.0 Å². The summed E-state index contributed by atoms with van der Waals surface area (Å²) in [6.07, 6.45) is -4.46. The number of hydrogen-bond acceptors (Lipinski definition) is 3. The van der Waals surface area contributed by atoms with Gasteiger partial charge in [-0.25, -0.2) is 0 Å². The van der Waals surface area contributed by atoms with E-state index in [9.17, 15) is 22.4 Å². The second-order valence-corrected chi connectivity index (χ2v) is 6.90. The van der Waals surface area contributed by atoms with E-state index in [0.717, 1.165) is 24.2 Å². The van der Waals surface area contributed by atoms with E-state index in [1.807, 2.05) is 36.4 Å². The zero-order valence-corrected chi connectivity index (χ0v) is 16.2. The molecule has 1 heterocycles. The normalized spacial score (nSPS) is 15.7. The lowest BCUT2D eigenvalue weighted by atomic mass is 10.1. The van der Waals surface area contributed by atoms with Crippen LogP contribution >= 0.6 is 0 Å². The van der Waals surface area contributed by atoms with Crippen molar-refractivity contribution in [3.8, 4) is 5.75 Å². The molecule has 0 saturated carbocycles. The number of hydrogen-bond donors (Lipinski definition) is 0. The van der Waals surface area contributed by atoms with Gasteiger partial charge in [0.25, 0.3) is 5.91 Å². The molecule has 1 amide bonds. The van der Waals surface area contributed by atoms with Gasteiger partial charge in [0.15, 0.2) is 0 Å². The number of carbonyl (C=O) groups excluding carboxylic acids is 1. The molecule has 2 aromatic rings. The first-order valence-electron chi connectivity index (χ1n) is 9.53. The van der Waals surface area contributed by atoms with Gasteiger partial charge < -0.3 is 9.64 Å². The number of rotatable bonds is 7.